The lowest BCUT2D eigenvalue weighted by molar-refractivity contribution is 0.669. The van der Waals surface area contributed by atoms with Crippen LogP contribution in [0.2, 0.25) is 0 Å². The summed E-state index contributed by atoms with van der Waals surface area (Å²) < 4.78 is 6.24. The van der Waals surface area contributed by atoms with Crippen molar-refractivity contribution in [1.29, 1.82) is 0 Å². The maximum absolute atomic E-state index is 6.24. The van der Waals surface area contributed by atoms with Gasteiger partial charge in [-0.25, -0.2) is 0 Å². The number of furan rings is 1. The van der Waals surface area contributed by atoms with Gasteiger partial charge < -0.3 is 9.40 Å². The topological polar surface area (TPSA) is 28.9 Å². The van der Waals surface area contributed by atoms with Crippen molar-refractivity contribution in [3.63, 3.8) is 0 Å². The number of benzene rings is 5. The first-order chi connectivity index (χ1) is 15.8. The van der Waals surface area contributed by atoms with E-state index < -0.39 is 0 Å². The Kier molecular flexibility index (Phi) is 3.58. The van der Waals surface area contributed by atoms with E-state index in [-0.39, 0.29) is 0 Å². The highest BCUT2D eigenvalue weighted by Gasteiger charge is 2.14. The maximum Gasteiger partial charge on any atom is 0.136 e. The van der Waals surface area contributed by atoms with Crippen molar-refractivity contribution in [1.82, 2.24) is 4.98 Å². The molecular formula is C30H19NO. The third kappa shape index (κ3) is 2.53. The molecule has 7 aromatic rings. The monoisotopic (exact) mass is 409 g/mol. The van der Waals surface area contributed by atoms with Gasteiger partial charge in [0.25, 0.3) is 0 Å². The van der Waals surface area contributed by atoms with E-state index in [2.05, 4.69) is 108 Å². The van der Waals surface area contributed by atoms with Crippen molar-refractivity contribution in [3.05, 3.63) is 109 Å². The minimum atomic E-state index is 0.917. The molecule has 0 amide bonds. The molecular weight excluding hydrogens is 390 g/mol. The average Bonchev–Trinajstić information content (AvgIpc) is 3.42. The van der Waals surface area contributed by atoms with Crippen LogP contribution in [-0.4, -0.2) is 4.98 Å². The minimum absolute atomic E-state index is 0.917. The first kappa shape index (κ1) is 17.4. The molecule has 32 heavy (non-hydrogen) atoms. The molecule has 0 unspecified atom stereocenters. The molecule has 150 valence electrons. The van der Waals surface area contributed by atoms with Crippen LogP contribution in [0.3, 0.4) is 0 Å². The lowest BCUT2D eigenvalue weighted by Gasteiger charge is -2.06. The van der Waals surface area contributed by atoms with Gasteiger partial charge in [0.1, 0.15) is 11.2 Å². The molecule has 0 aliphatic carbocycles. The fraction of sp³-hybridized carbons (Fsp3) is 0. The number of nitrogens with one attached hydrogen (secondary N) is 1. The lowest BCUT2D eigenvalue weighted by Crippen LogP contribution is -1.81. The zero-order valence-corrected chi connectivity index (χ0v) is 17.3. The largest absolute Gasteiger partial charge is 0.456 e. The summed E-state index contributed by atoms with van der Waals surface area (Å²) in [6.45, 7) is 0. The Bertz CT molecular complexity index is 1770. The van der Waals surface area contributed by atoms with Gasteiger partial charge in [0.05, 0.1) is 0 Å². The van der Waals surface area contributed by atoms with Crippen LogP contribution in [0.4, 0.5) is 0 Å². The number of fused-ring (bicyclic) bond motifs is 6. The molecule has 0 saturated carbocycles. The fourth-order valence-corrected chi connectivity index (χ4v) is 4.89. The number of aromatic nitrogens is 1. The number of aromatic amines is 1. The summed E-state index contributed by atoms with van der Waals surface area (Å²) in [6.07, 6.45) is 0. The second kappa shape index (κ2) is 6.60. The number of H-pyrrole nitrogens is 1. The van der Waals surface area contributed by atoms with Gasteiger partial charge in [-0.05, 0) is 58.7 Å². The molecule has 5 aromatic carbocycles. The molecule has 0 spiro atoms. The van der Waals surface area contributed by atoms with Crippen molar-refractivity contribution in [2.75, 3.05) is 0 Å². The minimum Gasteiger partial charge on any atom is -0.456 e. The van der Waals surface area contributed by atoms with Crippen LogP contribution >= 0.6 is 0 Å². The second-order valence-corrected chi connectivity index (χ2v) is 8.29. The fourth-order valence-electron chi connectivity index (χ4n) is 4.89. The van der Waals surface area contributed by atoms with Crippen LogP contribution in [0.15, 0.2) is 114 Å². The molecule has 0 saturated heterocycles. The molecule has 0 aliphatic heterocycles. The zero-order chi connectivity index (χ0) is 21.1. The molecule has 2 aromatic heterocycles. The highest BCUT2D eigenvalue weighted by atomic mass is 16.3. The van der Waals surface area contributed by atoms with Gasteiger partial charge in [-0.1, -0.05) is 72.8 Å². The van der Waals surface area contributed by atoms with Crippen LogP contribution in [0.5, 0.6) is 0 Å². The van der Waals surface area contributed by atoms with E-state index in [0.717, 1.165) is 22.1 Å². The van der Waals surface area contributed by atoms with Crippen LogP contribution in [0.1, 0.15) is 0 Å². The van der Waals surface area contributed by atoms with Crippen molar-refractivity contribution in [3.8, 4) is 22.3 Å². The molecule has 0 bridgehead atoms. The SMILES string of the molecule is c1ccc(-c2ccc3oc4cccc(-c5ccc6[nH]c7ccccc7c6c5)c4c3c2)cc1. The lowest BCUT2D eigenvalue weighted by atomic mass is 9.96. The quantitative estimate of drug-likeness (QED) is 0.304. The highest BCUT2D eigenvalue weighted by Crippen LogP contribution is 2.39. The Labute approximate surface area is 184 Å². The third-order valence-corrected chi connectivity index (χ3v) is 6.42. The molecule has 0 radical (unpaired) electrons. The first-order valence-corrected chi connectivity index (χ1v) is 10.9. The summed E-state index contributed by atoms with van der Waals surface area (Å²) in [5.41, 5.74) is 8.95. The Hall–Kier alpha value is -4.30. The van der Waals surface area contributed by atoms with Gasteiger partial charge in [-0.15, -0.1) is 0 Å². The van der Waals surface area contributed by atoms with Crippen molar-refractivity contribution in [2.24, 2.45) is 0 Å². The molecule has 0 fully saturated rings. The summed E-state index contributed by atoms with van der Waals surface area (Å²) in [7, 11) is 0. The number of para-hydroxylation sites is 1. The molecule has 2 nitrogen and oxygen atoms in total. The van der Waals surface area contributed by atoms with Crippen molar-refractivity contribution in [2.45, 2.75) is 0 Å². The zero-order valence-electron chi connectivity index (χ0n) is 17.3. The predicted molar refractivity (Wildman–Crippen MR) is 134 cm³/mol. The highest BCUT2D eigenvalue weighted by molar-refractivity contribution is 6.15. The van der Waals surface area contributed by atoms with Gasteiger partial charge in [0.15, 0.2) is 0 Å². The normalized spacial score (nSPS) is 11.8. The van der Waals surface area contributed by atoms with E-state index >= 15 is 0 Å². The van der Waals surface area contributed by atoms with Crippen molar-refractivity contribution < 1.29 is 4.42 Å². The molecule has 2 heterocycles. The standard InChI is InChI=1S/C30H19NO/c1-2-7-19(8-3-1)20-14-16-28-25(17-20)30-22(10-6-12-29(30)32-28)21-13-15-27-24(18-21)23-9-4-5-11-26(23)31-27/h1-18,31H. The van der Waals surface area contributed by atoms with Crippen LogP contribution < -0.4 is 0 Å². The number of hydrogen-bond donors (Lipinski definition) is 1. The Morgan fingerprint density at radius 1 is 0.469 bits per heavy atom. The van der Waals surface area contributed by atoms with Crippen molar-refractivity contribution >= 4 is 43.7 Å². The summed E-state index contributed by atoms with van der Waals surface area (Å²) in [5.74, 6) is 0. The summed E-state index contributed by atoms with van der Waals surface area (Å²) in [4.78, 5) is 3.53. The van der Waals surface area contributed by atoms with Gasteiger partial charge in [-0.2, -0.15) is 0 Å². The molecule has 0 aliphatic rings. The summed E-state index contributed by atoms with van der Waals surface area (Å²) in [5, 5.41) is 4.81. The van der Waals surface area contributed by atoms with Crippen LogP contribution in [0, 0.1) is 0 Å². The van der Waals surface area contributed by atoms with E-state index in [1.165, 1.54) is 43.9 Å². The smallest absolute Gasteiger partial charge is 0.136 e. The molecule has 0 atom stereocenters. The molecule has 1 N–H and O–H groups in total. The molecule has 7 rings (SSSR count). The van der Waals surface area contributed by atoms with Gasteiger partial charge in [0, 0.05) is 32.6 Å². The maximum atomic E-state index is 6.24. The van der Waals surface area contributed by atoms with Gasteiger partial charge in [-0.3, -0.25) is 0 Å². The Balaban J connectivity index is 1.51. The van der Waals surface area contributed by atoms with E-state index in [1.807, 2.05) is 6.07 Å². The predicted octanol–water partition coefficient (Wildman–Crippen LogP) is 8.55. The third-order valence-electron chi connectivity index (χ3n) is 6.42. The molecule has 2 heteroatoms. The Morgan fingerprint density at radius 2 is 1.25 bits per heavy atom. The average molecular weight is 409 g/mol. The number of rotatable bonds is 2. The van der Waals surface area contributed by atoms with Gasteiger partial charge in [0.2, 0.25) is 0 Å². The van der Waals surface area contributed by atoms with E-state index in [1.54, 1.807) is 0 Å². The van der Waals surface area contributed by atoms with Crippen LogP contribution in [0.25, 0.3) is 66.0 Å². The first-order valence-electron chi connectivity index (χ1n) is 10.9. The van der Waals surface area contributed by atoms with E-state index in [0.29, 0.717) is 0 Å². The summed E-state index contributed by atoms with van der Waals surface area (Å²) >= 11 is 0. The second-order valence-electron chi connectivity index (χ2n) is 8.29. The summed E-state index contributed by atoms with van der Waals surface area (Å²) in [6, 6.07) is 38.5. The van der Waals surface area contributed by atoms with E-state index in [4.69, 9.17) is 4.42 Å². The van der Waals surface area contributed by atoms with E-state index in [9.17, 15) is 0 Å². The van der Waals surface area contributed by atoms with Gasteiger partial charge >= 0.3 is 0 Å². The Morgan fingerprint density at radius 3 is 2.19 bits per heavy atom. The number of hydrogen-bond acceptors (Lipinski definition) is 1. The van der Waals surface area contributed by atoms with Crippen LogP contribution in [-0.2, 0) is 0 Å².